The summed E-state index contributed by atoms with van der Waals surface area (Å²) in [7, 11) is 0. The van der Waals surface area contributed by atoms with Gasteiger partial charge in [-0.1, -0.05) is 13.0 Å². The van der Waals surface area contributed by atoms with E-state index in [1.165, 1.54) is 12.8 Å². The third kappa shape index (κ3) is 1.52. The molecule has 2 aliphatic carbocycles. The van der Waals surface area contributed by atoms with Gasteiger partial charge in [0.2, 0.25) is 5.91 Å². The van der Waals surface area contributed by atoms with Gasteiger partial charge >= 0.3 is 0 Å². The summed E-state index contributed by atoms with van der Waals surface area (Å²) < 4.78 is 0. The molecule has 66 valence electrons. The summed E-state index contributed by atoms with van der Waals surface area (Å²) >= 11 is 0. The fourth-order valence-electron chi connectivity index (χ4n) is 1.29. The van der Waals surface area contributed by atoms with Gasteiger partial charge in [-0.2, -0.15) is 0 Å². The van der Waals surface area contributed by atoms with Crippen LogP contribution in [0.25, 0.3) is 0 Å². The Labute approximate surface area is 73.0 Å². The van der Waals surface area contributed by atoms with Gasteiger partial charge in [0.1, 0.15) is 0 Å². The Morgan fingerprint density at radius 3 is 2.75 bits per heavy atom. The van der Waals surface area contributed by atoms with Crippen molar-refractivity contribution >= 4 is 5.91 Å². The second kappa shape index (κ2) is 2.61. The molecule has 2 aliphatic rings. The molecule has 2 heteroatoms. The first-order valence-corrected chi connectivity index (χ1v) is 4.67. The van der Waals surface area contributed by atoms with Gasteiger partial charge in [-0.25, -0.2) is 0 Å². The molecule has 1 saturated carbocycles. The van der Waals surface area contributed by atoms with Gasteiger partial charge < -0.3 is 5.32 Å². The maximum absolute atomic E-state index is 11.3. The zero-order valence-electron chi connectivity index (χ0n) is 7.52. The van der Waals surface area contributed by atoms with Crippen LogP contribution in [0, 0.1) is 5.41 Å². The normalized spacial score (nSPS) is 23.9. The van der Waals surface area contributed by atoms with Crippen LogP contribution >= 0.6 is 0 Å². The molecule has 0 unspecified atom stereocenters. The molecule has 0 bridgehead atoms. The first-order chi connectivity index (χ1) is 5.70. The molecule has 0 aromatic heterocycles. The van der Waals surface area contributed by atoms with Crippen molar-refractivity contribution in [2.45, 2.75) is 32.6 Å². The minimum absolute atomic E-state index is 0.161. The Hall–Kier alpha value is -0.790. The third-order valence-electron chi connectivity index (χ3n) is 2.88. The van der Waals surface area contributed by atoms with Crippen molar-refractivity contribution in [1.29, 1.82) is 0 Å². The predicted molar refractivity (Wildman–Crippen MR) is 47.7 cm³/mol. The Morgan fingerprint density at radius 1 is 1.67 bits per heavy atom. The quantitative estimate of drug-likeness (QED) is 0.676. The molecule has 0 spiro atoms. The number of hydrogen-bond acceptors (Lipinski definition) is 1. The Bertz CT molecular complexity index is 238. The van der Waals surface area contributed by atoms with Crippen molar-refractivity contribution in [3.8, 4) is 0 Å². The van der Waals surface area contributed by atoms with E-state index in [-0.39, 0.29) is 5.91 Å². The van der Waals surface area contributed by atoms with Crippen LogP contribution in [-0.4, -0.2) is 12.5 Å². The lowest BCUT2D eigenvalue weighted by Gasteiger charge is -2.15. The molecular weight excluding hydrogens is 150 g/mol. The second-order valence-electron chi connectivity index (χ2n) is 4.26. The standard InChI is InChI=1S/C10H15NO/c1-10(5-6-10)7-11-9(12)8-3-2-4-8/h3H,2,4-7H2,1H3,(H,11,12). The van der Waals surface area contributed by atoms with E-state index in [2.05, 4.69) is 12.2 Å². The van der Waals surface area contributed by atoms with Crippen molar-refractivity contribution in [2.24, 2.45) is 5.41 Å². The number of hydrogen-bond donors (Lipinski definition) is 1. The van der Waals surface area contributed by atoms with Crippen LogP contribution in [-0.2, 0) is 4.79 Å². The van der Waals surface area contributed by atoms with Crippen molar-refractivity contribution in [3.05, 3.63) is 11.6 Å². The summed E-state index contributed by atoms with van der Waals surface area (Å²) in [5, 5.41) is 2.98. The molecule has 1 fully saturated rings. The molecular formula is C10H15NO. The minimum Gasteiger partial charge on any atom is -0.352 e. The highest BCUT2D eigenvalue weighted by Crippen LogP contribution is 2.44. The first kappa shape index (κ1) is 7.84. The Balaban J connectivity index is 1.75. The molecule has 0 aliphatic heterocycles. The van der Waals surface area contributed by atoms with E-state index in [9.17, 15) is 4.79 Å². The highest BCUT2D eigenvalue weighted by Gasteiger charge is 2.37. The molecule has 1 N–H and O–H groups in total. The monoisotopic (exact) mass is 165 g/mol. The van der Waals surface area contributed by atoms with E-state index in [4.69, 9.17) is 0 Å². The Morgan fingerprint density at radius 2 is 2.33 bits per heavy atom. The molecule has 0 aromatic rings. The van der Waals surface area contributed by atoms with Gasteiger partial charge in [0.15, 0.2) is 0 Å². The van der Waals surface area contributed by atoms with Crippen molar-refractivity contribution in [3.63, 3.8) is 0 Å². The molecule has 0 heterocycles. The number of carbonyl (C=O) groups excluding carboxylic acids is 1. The van der Waals surface area contributed by atoms with Crippen LogP contribution in [0.3, 0.4) is 0 Å². The van der Waals surface area contributed by atoms with Crippen LogP contribution in [0.2, 0.25) is 0 Å². The van der Waals surface area contributed by atoms with E-state index in [1.54, 1.807) is 0 Å². The average molecular weight is 165 g/mol. The largest absolute Gasteiger partial charge is 0.352 e. The molecule has 0 radical (unpaired) electrons. The summed E-state index contributed by atoms with van der Waals surface area (Å²) in [6.45, 7) is 3.09. The molecule has 2 rings (SSSR count). The number of rotatable bonds is 3. The maximum atomic E-state index is 11.3. The predicted octanol–water partition coefficient (Wildman–Crippen LogP) is 1.62. The summed E-state index contributed by atoms with van der Waals surface area (Å²) in [6.07, 6.45) is 6.62. The molecule has 1 amide bonds. The lowest BCUT2D eigenvalue weighted by Crippen LogP contribution is -2.31. The van der Waals surface area contributed by atoms with Gasteiger partial charge in [-0.05, 0) is 31.1 Å². The van der Waals surface area contributed by atoms with E-state index in [1.807, 2.05) is 6.08 Å². The molecule has 0 aromatic carbocycles. The van der Waals surface area contributed by atoms with Crippen LogP contribution in [0.4, 0.5) is 0 Å². The van der Waals surface area contributed by atoms with Crippen molar-refractivity contribution in [2.75, 3.05) is 6.54 Å². The van der Waals surface area contributed by atoms with Crippen LogP contribution < -0.4 is 5.32 Å². The lowest BCUT2D eigenvalue weighted by atomic mass is 9.98. The number of amides is 1. The smallest absolute Gasteiger partial charge is 0.246 e. The van der Waals surface area contributed by atoms with Crippen LogP contribution in [0.5, 0.6) is 0 Å². The SMILES string of the molecule is CC1(CNC(=O)C2=CCC2)CC1. The summed E-state index contributed by atoms with van der Waals surface area (Å²) in [6, 6.07) is 0. The molecule has 0 saturated heterocycles. The zero-order valence-corrected chi connectivity index (χ0v) is 7.52. The average Bonchev–Trinajstić information content (AvgIpc) is 2.62. The minimum atomic E-state index is 0.161. The highest BCUT2D eigenvalue weighted by atomic mass is 16.1. The number of allylic oxidation sites excluding steroid dienone is 1. The van der Waals surface area contributed by atoms with Gasteiger partial charge in [0, 0.05) is 12.1 Å². The number of nitrogens with one attached hydrogen (secondary N) is 1. The molecule has 0 atom stereocenters. The van der Waals surface area contributed by atoms with E-state index < -0.39 is 0 Å². The van der Waals surface area contributed by atoms with Gasteiger partial charge in [0.25, 0.3) is 0 Å². The van der Waals surface area contributed by atoms with Crippen molar-refractivity contribution in [1.82, 2.24) is 5.32 Å². The lowest BCUT2D eigenvalue weighted by molar-refractivity contribution is -0.118. The van der Waals surface area contributed by atoms with Crippen molar-refractivity contribution < 1.29 is 4.79 Å². The first-order valence-electron chi connectivity index (χ1n) is 4.67. The second-order valence-corrected chi connectivity index (χ2v) is 4.26. The zero-order chi connectivity index (χ0) is 8.60. The summed E-state index contributed by atoms with van der Waals surface area (Å²) in [5.74, 6) is 0.161. The highest BCUT2D eigenvalue weighted by molar-refractivity contribution is 5.94. The third-order valence-corrected chi connectivity index (χ3v) is 2.88. The topological polar surface area (TPSA) is 29.1 Å². The maximum Gasteiger partial charge on any atom is 0.246 e. The van der Waals surface area contributed by atoms with Crippen LogP contribution in [0.1, 0.15) is 32.6 Å². The molecule has 2 nitrogen and oxygen atoms in total. The van der Waals surface area contributed by atoms with Gasteiger partial charge in [-0.3, -0.25) is 4.79 Å². The van der Waals surface area contributed by atoms with Gasteiger partial charge in [-0.15, -0.1) is 0 Å². The van der Waals surface area contributed by atoms with E-state index >= 15 is 0 Å². The van der Waals surface area contributed by atoms with E-state index in [0.717, 1.165) is 25.0 Å². The van der Waals surface area contributed by atoms with Crippen LogP contribution in [0.15, 0.2) is 11.6 Å². The number of carbonyl (C=O) groups is 1. The fraction of sp³-hybridized carbons (Fsp3) is 0.700. The van der Waals surface area contributed by atoms with E-state index in [0.29, 0.717) is 5.41 Å². The fourth-order valence-corrected chi connectivity index (χ4v) is 1.29. The summed E-state index contributed by atoms with van der Waals surface area (Å²) in [4.78, 5) is 11.3. The Kier molecular flexibility index (Phi) is 1.71. The summed E-state index contributed by atoms with van der Waals surface area (Å²) in [5.41, 5.74) is 1.42. The molecule has 12 heavy (non-hydrogen) atoms. The van der Waals surface area contributed by atoms with Gasteiger partial charge in [0.05, 0.1) is 0 Å².